The average molecular weight is 530 g/mol. The monoisotopic (exact) mass is 529 g/mol. The SMILES string of the molecule is CC[C@@H](Sc1nc2sc(C(=O)Nc3ccc(C)cc3C)c(C)c2c(=O)n1N)C(=O)NC[C@H]1CCCO1. The molecule has 2 aromatic heterocycles. The van der Waals surface area contributed by atoms with Crippen molar-refractivity contribution in [1.82, 2.24) is 15.0 Å². The maximum atomic E-state index is 13.1. The number of thiophene rings is 1. The van der Waals surface area contributed by atoms with E-state index in [1.807, 2.05) is 39.0 Å². The molecule has 4 N–H and O–H groups in total. The van der Waals surface area contributed by atoms with Crippen molar-refractivity contribution in [3.05, 3.63) is 50.1 Å². The molecule has 1 fully saturated rings. The predicted molar refractivity (Wildman–Crippen MR) is 145 cm³/mol. The normalized spacial score (nSPS) is 16.3. The Labute approximate surface area is 217 Å². The number of nitrogen functional groups attached to an aromatic ring is 1. The summed E-state index contributed by atoms with van der Waals surface area (Å²) in [5.74, 6) is 5.65. The molecule has 0 aliphatic carbocycles. The first kappa shape index (κ1) is 26.2. The minimum absolute atomic E-state index is 0.0426. The van der Waals surface area contributed by atoms with E-state index >= 15 is 0 Å². The van der Waals surface area contributed by atoms with Gasteiger partial charge in [0.05, 0.1) is 21.6 Å². The van der Waals surface area contributed by atoms with E-state index in [1.165, 1.54) is 0 Å². The second-order valence-corrected chi connectivity index (χ2v) is 11.1. The van der Waals surface area contributed by atoms with Gasteiger partial charge in [0.15, 0.2) is 5.16 Å². The topological polar surface area (TPSA) is 128 Å². The third-order valence-electron chi connectivity index (χ3n) is 6.24. The molecule has 1 saturated heterocycles. The summed E-state index contributed by atoms with van der Waals surface area (Å²) in [6, 6.07) is 5.78. The van der Waals surface area contributed by atoms with E-state index in [4.69, 9.17) is 10.6 Å². The molecule has 11 heteroatoms. The van der Waals surface area contributed by atoms with Gasteiger partial charge in [0.2, 0.25) is 5.91 Å². The number of thioether (sulfide) groups is 1. The molecule has 192 valence electrons. The lowest BCUT2D eigenvalue weighted by Crippen LogP contribution is -2.38. The highest BCUT2D eigenvalue weighted by molar-refractivity contribution is 8.00. The fourth-order valence-corrected chi connectivity index (χ4v) is 6.27. The summed E-state index contributed by atoms with van der Waals surface area (Å²) in [6.45, 7) is 8.72. The molecule has 3 heterocycles. The second kappa shape index (κ2) is 11.0. The lowest BCUT2D eigenvalue weighted by Gasteiger charge is -2.17. The van der Waals surface area contributed by atoms with Gasteiger partial charge in [0.1, 0.15) is 4.83 Å². The quantitative estimate of drug-likeness (QED) is 0.231. The highest BCUT2D eigenvalue weighted by Gasteiger charge is 2.26. The van der Waals surface area contributed by atoms with Crippen LogP contribution in [0.1, 0.15) is 52.5 Å². The zero-order chi connectivity index (χ0) is 26.0. The van der Waals surface area contributed by atoms with Crippen LogP contribution in [0.3, 0.4) is 0 Å². The number of aryl methyl sites for hydroxylation is 3. The Balaban J connectivity index is 1.57. The number of rotatable bonds is 8. The van der Waals surface area contributed by atoms with Gasteiger partial charge in [-0.1, -0.05) is 36.4 Å². The largest absolute Gasteiger partial charge is 0.376 e. The molecule has 1 aliphatic heterocycles. The summed E-state index contributed by atoms with van der Waals surface area (Å²) in [4.78, 5) is 44.4. The smallest absolute Gasteiger partial charge is 0.281 e. The number of carbonyl (C=O) groups excluding carboxylic acids is 2. The van der Waals surface area contributed by atoms with Crippen LogP contribution >= 0.6 is 23.1 Å². The van der Waals surface area contributed by atoms with Crippen molar-refractivity contribution in [3.63, 3.8) is 0 Å². The van der Waals surface area contributed by atoms with E-state index in [2.05, 4.69) is 15.6 Å². The summed E-state index contributed by atoms with van der Waals surface area (Å²) in [5.41, 5.74) is 2.85. The van der Waals surface area contributed by atoms with Crippen LogP contribution in [-0.2, 0) is 9.53 Å². The van der Waals surface area contributed by atoms with Crippen molar-refractivity contribution >= 4 is 50.8 Å². The molecule has 0 unspecified atom stereocenters. The lowest BCUT2D eigenvalue weighted by atomic mass is 10.1. The number of benzene rings is 1. The number of nitrogens with two attached hydrogens (primary N) is 1. The summed E-state index contributed by atoms with van der Waals surface area (Å²) in [6.07, 6.45) is 2.51. The molecule has 0 radical (unpaired) electrons. The maximum Gasteiger partial charge on any atom is 0.281 e. The van der Waals surface area contributed by atoms with Crippen molar-refractivity contribution < 1.29 is 14.3 Å². The molecule has 4 rings (SSSR count). The van der Waals surface area contributed by atoms with Crippen molar-refractivity contribution in [2.24, 2.45) is 0 Å². The van der Waals surface area contributed by atoms with Crippen LogP contribution in [0.4, 0.5) is 5.69 Å². The van der Waals surface area contributed by atoms with Crippen LogP contribution in [0, 0.1) is 20.8 Å². The minimum atomic E-state index is -0.473. The number of carbonyl (C=O) groups is 2. The molecule has 0 spiro atoms. The van der Waals surface area contributed by atoms with Crippen molar-refractivity contribution in [3.8, 4) is 0 Å². The molecule has 9 nitrogen and oxygen atoms in total. The number of amides is 2. The van der Waals surface area contributed by atoms with E-state index in [0.717, 1.165) is 58.4 Å². The van der Waals surface area contributed by atoms with Gasteiger partial charge in [-0.05, 0) is 57.2 Å². The molecule has 1 aromatic carbocycles. The Kier molecular flexibility index (Phi) is 8.01. The number of fused-ring (bicyclic) bond motifs is 1. The Bertz CT molecular complexity index is 1360. The van der Waals surface area contributed by atoms with Gasteiger partial charge in [-0.15, -0.1) is 11.3 Å². The van der Waals surface area contributed by atoms with Crippen LogP contribution < -0.4 is 22.0 Å². The van der Waals surface area contributed by atoms with Gasteiger partial charge in [-0.3, -0.25) is 14.4 Å². The van der Waals surface area contributed by atoms with Gasteiger partial charge in [-0.25, -0.2) is 9.66 Å². The van der Waals surface area contributed by atoms with Crippen molar-refractivity contribution in [2.75, 3.05) is 24.3 Å². The van der Waals surface area contributed by atoms with Gasteiger partial charge in [0, 0.05) is 18.8 Å². The Morgan fingerprint density at radius 1 is 1.33 bits per heavy atom. The van der Waals surface area contributed by atoms with E-state index in [0.29, 0.717) is 39.3 Å². The summed E-state index contributed by atoms with van der Waals surface area (Å²) in [5, 5.41) is 5.94. The fourth-order valence-electron chi connectivity index (χ4n) is 4.19. The number of hydrogen-bond donors (Lipinski definition) is 3. The van der Waals surface area contributed by atoms with E-state index in [-0.39, 0.29) is 23.1 Å². The molecule has 0 saturated carbocycles. The zero-order valence-electron chi connectivity index (χ0n) is 20.8. The standard InChI is InChI=1S/C25H31N5O4S2/c1-5-18(21(31)27-12-16-7-6-10-34-16)35-25-29-23-19(24(33)30(25)26)15(4)20(36-23)22(32)28-17-9-8-13(2)11-14(17)3/h8-9,11,16,18H,5-7,10,12,26H2,1-4H3,(H,27,31)(H,28,32)/t16-,18-/m1/s1. The number of ether oxygens (including phenoxy) is 1. The molecule has 0 bridgehead atoms. The van der Waals surface area contributed by atoms with Crippen LogP contribution in [-0.4, -0.2) is 46.0 Å². The highest BCUT2D eigenvalue weighted by Crippen LogP contribution is 2.31. The zero-order valence-corrected chi connectivity index (χ0v) is 22.5. The molecule has 36 heavy (non-hydrogen) atoms. The first-order chi connectivity index (χ1) is 17.2. The molecule has 2 atom stereocenters. The van der Waals surface area contributed by atoms with Gasteiger partial charge >= 0.3 is 0 Å². The summed E-state index contributed by atoms with van der Waals surface area (Å²) in [7, 11) is 0. The first-order valence-electron chi connectivity index (χ1n) is 11.9. The third-order valence-corrected chi connectivity index (χ3v) is 8.75. The summed E-state index contributed by atoms with van der Waals surface area (Å²) < 4.78 is 6.54. The van der Waals surface area contributed by atoms with Crippen LogP contribution in [0.25, 0.3) is 10.2 Å². The molecule has 3 aromatic rings. The summed E-state index contributed by atoms with van der Waals surface area (Å²) >= 11 is 2.29. The number of aromatic nitrogens is 2. The number of anilines is 1. The average Bonchev–Trinajstić information content (AvgIpc) is 3.48. The van der Waals surface area contributed by atoms with E-state index in [9.17, 15) is 14.4 Å². The van der Waals surface area contributed by atoms with Gasteiger partial charge in [0.25, 0.3) is 11.5 Å². The molecule has 2 amide bonds. The number of nitrogens with one attached hydrogen (secondary N) is 2. The van der Waals surface area contributed by atoms with Gasteiger partial charge < -0.3 is 21.2 Å². The van der Waals surface area contributed by atoms with Gasteiger partial charge in [-0.2, -0.15) is 0 Å². The van der Waals surface area contributed by atoms with Crippen molar-refractivity contribution in [1.29, 1.82) is 0 Å². The third kappa shape index (κ3) is 5.42. The van der Waals surface area contributed by atoms with Crippen LogP contribution in [0.2, 0.25) is 0 Å². The lowest BCUT2D eigenvalue weighted by molar-refractivity contribution is -0.121. The molecule has 1 aliphatic rings. The van der Waals surface area contributed by atoms with E-state index in [1.54, 1.807) is 6.92 Å². The maximum absolute atomic E-state index is 13.1. The minimum Gasteiger partial charge on any atom is -0.376 e. The number of hydrogen-bond acceptors (Lipinski definition) is 8. The Hall–Kier alpha value is -2.89. The molecular formula is C25H31N5O4S2. The fraction of sp³-hybridized carbons (Fsp3) is 0.440. The highest BCUT2D eigenvalue weighted by atomic mass is 32.2. The van der Waals surface area contributed by atoms with E-state index < -0.39 is 10.8 Å². The van der Waals surface area contributed by atoms with Crippen LogP contribution in [0.5, 0.6) is 0 Å². The predicted octanol–water partition coefficient (Wildman–Crippen LogP) is 3.52. The Morgan fingerprint density at radius 2 is 2.11 bits per heavy atom. The Morgan fingerprint density at radius 3 is 2.78 bits per heavy atom. The number of nitrogens with zero attached hydrogens (tertiary/aromatic N) is 2. The first-order valence-corrected chi connectivity index (χ1v) is 13.6. The van der Waals surface area contributed by atoms with Crippen molar-refractivity contribution in [2.45, 2.75) is 63.5 Å². The second-order valence-electron chi connectivity index (χ2n) is 8.97. The van der Waals surface area contributed by atoms with Crippen LogP contribution in [0.15, 0.2) is 28.2 Å². The molecular weight excluding hydrogens is 498 g/mol.